The van der Waals surface area contributed by atoms with Crippen molar-refractivity contribution in [2.45, 2.75) is 26.8 Å². The van der Waals surface area contributed by atoms with Crippen LogP contribution in [0.3, 0.4) is 0 Å². The molecule has 5 heteroatoms. The van der Waals surface area contributed by atoms with Gasteiger partial charge in [0.2, 0.25) is 0 Å². The number of nitrogens with one attached hydrogen (secondary N) is 2. The second kappa shape index (κ2) is 6.57. The fourth-order valence-corrected chi connectivity index (χ4v) is 2.05. The molecule has 20 heavy (non-hydrogen) atoms. The van der Waals surface area contributed by atoms with Crippen LogP contribution in [-0.4, -0.2) is 17.0 Å². The van der Waals surface area contributed by atoms with E-state index in [9.17, 15) is 0 Å². The van der Waals surface area contributed by atoms with Crippen molar-refractivity contribution in [2.24, 2.45) is 0 Å². The van der Waals surface area contributed by atoms with Crippen LogP contribution in [0.1, 0.15) is 23.9 Å². The molecule has 0 amide bonds. The third kappa shape index (κ3) is 3.39. The second-order valence-electron chi connectivity index (χ2n) is 4.55. The van der Waals surface area contributed by atoms with Crippen molar-refractivity contribution in [1.82, 2.24) is 9.97 Å². The highest BCUT2D eigenvalue weighted by atomic mass is 35.5. The van der Waals surface area contributed by atoms with Crippen LogP contribution in [0.2, 0.25) is 5.02 Å². The molecular weight excluding hydrogens is 272 g/mol. The highest BCUT2D eigenvalue weighted by molar-refractivity contribution is 6.30. The number of hydrogen-bond donors (Lipinski definition) is 2. The van der Waals surface area contributed by atoms with Crippen molar-refractivity contribution in [1.29, 1.82) is 0 Å². The van der Waals surface area contributed by atoms with Gasteiger partial charge in [-0.3, -0.25) is 0 Å². The highest BCUT2D eigenvalue weighted by Gasteiger charge is 2.08. The fourth-order valence-electron chi connectivity index (χ4n) is 1.92. The number of nitrogens with zero attached hydrogens (tertiary/aromatic N) is 2. The van der Waals surface area contributed by atoms with Gasteiger partial charge in [-0.25, -0.2) is 9.97 Å². The number of anilines is 2. The summed E-state index contributed by atoms with van der Waals surface area (Å²) in [7, 11) is 1.87. The number of rotatable bonds is 5. The van der Waals surface area contributed by atoms with Crippen LogP contribution >= 0.6 is 11.6 Å². The molecule has 2 N–H and O–H groups in total. The first kappa shape index (κ1) is 14.6. The van der Waals surface area contributed by atoms with E-state index in [-0.39, 0.29) is 0 Å². The summed E-state index contributed by atoms with van der Waals surface area (Å²) < 4.78 is 0. The lowest BCUT2D eigenvalue weighted by Crippen LogP contribution is -2.09. The Morgan fingerprint density at radius 3 is 2.35 bits per heavy atom. The highest BCUT2D eigenvalue weighted by Crippen LogP contribution is 2.20. The zero-order valence-corrected chi connectivity index (χ0v) is 12.8. The molecule has 0 bridgehead atoms. The largest absolute Gasteiger partial charge is 0.373 e. The van der Waals surface area contributed by atoms with Gasteiger partial charge < -0.3 is 10.6 Å². The molecule has 0 atom stereocenters. The zero-order valence-electron chi connectivity index (χ0n) is 12.0. The molecule has 0 fully saturated rings. The van der Waals surface area contributed by atoms with Gasteiger partial charge in [-0.05, 0) is 24.6 Å². The Morgan fingerprint density at radius 1 is 1.10 bits per heavy atom. The van der Waals surface area contributed by atoms with Crippen molar-refractivity contribution in [2.75, 3.05) is 17.7 Å². The molecule has 0 saturated carbocycles. The Kier molecular flexibility index (Phi) is 4.79. The molecule has 1 heterocycles. The number of hydrogen-bond acceptors (Lipinski definition) is 4. The zero-order chi connectivity index (χ0) is 14.5. The summed E-state index contributed by atoms with van der Waals surface area (Å²) in [5, 5.41) is 7.22. The quantitative estimate of drug-likeness (QED) is 0.882. The van der Waals surface area contributed by atoms with Gasteiger partial charge in [-0.1, -0.05) is 30.7 Å². The molecular formula is C15H19ClN4. The third-order valence-corrected chi connectivity index (χ3v) is 3.37. The summed E-state index contributed by atoms with van der Waals surface area (Å²) in [6.07, 6.45) is 0.810. The Labute approximate surface area is 124 Å². The maximum Gasteiger partial charge on any atom is 0.135 e. The van der Waals surface area contributed by atoms with Gasteiger partial charge in [0, 0.05) is 30.6 Å². The molecule has 0 aliphatic carbocycles. The summed E-state index contributed by atoms with van der Waals surface area (Å²) in [4.78, 5) is 9.00. The summed E-state index contributed by atoms with van der Waals surface area (Å²) in [5.41, 5.74) is 2.19. The van der Waals surface area contributed by atoms with Gasteiger partial charge in [0.05, 0.1) is 0 Å². The standard InChI is InChI=1S/C15H19ClN4/c1-4-13-19-14(17-3)10(2)15(20-13)18-9-11-5-7-12(16)8-6-11/h5-8H,4,9H2,1-3H3,(H2,17,18,19,20). The smallest absolute Gasteiger partial charge is 0.135 e. The molecule has 0 aliphatic rings. The van der Waals surface area contributed by atoms with Gasteiger partial charge in [0.15, 0.2) is 0 Å². The topological polar surface area (TPSA) is 49.8 Å². The Balaban J connectivity index is 2.18. The molecule has 0 saturated heterocycles. The normalized spacial score (nSPS) is 10.4. The first-order valence-corrected chi connectivity index (χ1v) is 7.05. The Bertz CT molecular complexity index is 581. The predicted molar refractivity (Wildman–Crippen MR) is 84.5 cm³/mol. The van der Waals surface area contributed by atoms with Crippen LogP contribution in [0.15, 0.2) is 24.3 Å². The minimum absolute atomic E-state index is 0.710. The molecule has 0 unspecified atom stereocenters. The van der Waals surface area contributed by atoms with Crippen molar-refractivity contribution in [3.05, 3.63) is 46.2 Å². The van der Waals surface area contributed by atoms with Crippen LogP contribution in [0, 0.1) is 6.92 Å². The van der Waals surface area contributed by atoms with Crippen molar-refractivity contribution < 1.29 is 0 Å². The molecule has 0 aliphatic heterocycles. The van der Waals surface area contributed by atoms with E-state index < -0.39 is 0 Å². The lowest BCUT2D eigenvalue weighted by Gasteiger charge is -2.13. The van der Waals surface area contributed by atoms with E-state index in [2.05, 4.69) is 20.6 Å². The van der Waals surface area contributed by atoms with E-state index in [1.807, 2.05) is 45.2 Å². The van der Waals surface area contributed by atoms with E-state index in [1.165, 1.54) is 0 Å². The van der Waals surface area contributed by atoms with Crippen LogP contribution in [0.4, 0.5) is 11.6 Å². The molecule has 106 valence electrons. The van der Waals surface area contributed by atoms with Gasteiger partial charge >= 0.3 is 0 Å². The van der Waals surface area contributed by atoms with Crippen LogP contribution in [-0.2, 0) is 13.0 Å². The van der Waals surface area contributed by atoms with Gasteiger partial charge in [-0.2, -0.15) is 0 Å². The SMILES string of the molecule is CCc1nc(NC)c(C)c(NCc2ccc(Cl)cc2)n1. The summed E-state index contributed by atoms with van der Waals surface area (Å²) in [5.74, 6) is 2.57. The molecule has 2 rings (SSSR count). The molecule has 4 nitrogen and oxygen atoms in total. The number of aryl methyl sites for hydroxylation is 1. The van der Waals surface area contributed by atoms with Crippen molar-refractivity contribution >= 4 is 23.2 Å². The van der Waals surface area contributed by atoms with E-state index in [1.54, 1.807) is 0 Å². The van der Waals surface area contributed by atoms with E-state index in [4.69, 9.17) is 11.6 Å². The summed E-state index contributed by atoms with van der Waals surface area (Å²) in [6, 6.07) is 7.79. The fraction of sp³-hybridized carbons (Fsp3) is 0.333. The monoisotopic (exact) mass is 290 g/mol. The number of aromatic nitrogens is 2. The molecule has 1 aromatic heterocycles. The molecule has 0 spiro atoms. The van der Waals surface area contributed by atoms with Gasteiger partial charge in [-0.15, -0.1) is 0 Å². The van der Waals surface area contributed by atoms with Crippen LogP contribution in [0.25, 0.3) is 0 Å². The molecule has 0 radical (unpaired) electrons. The molecule has 2 aromatic rings. The molecule has 1 aromatic carbocycles. The predicted octanol–water partition coefficient (Wildman–Crippen LogP) is 3.65. The van der Waals surface area contributed by atoms with E-state index >= 15 is 0 Å². The van der Waals surface area contributed by atoms with Crippen molar-refractivity contribution in [3.8, 4) is 0 Å². The lowest BCUT2D eigenvalue weighted by molar-refractivity contribution is 0.924. The first-order chi connectivity index (χ1) is 9.63. The first-order valence-electron chi connectivity index (χ1n) is 6.67. The average molecular weight is 291 g/mol. The minimum atomic E-state index is 0.710. The summed E-state index contributed by atoms with van der Waals surface area (Å²) >= 11 is 5.88. The van der Waals surface area contributed by atoms with E-state index in [0.29, 0.717) is 6.54 Å². The third-order valence-electron chi connectivity index (χ3n) is 3.12. The van der Waals surface area contributed by atoms with Gasteiger partial charge in [0.25, 0.3) is 0 Å². The Morgan fingerprint density at radius 2 is 1.75 bits per heavy atom. The summed E-state index contributed by atoms with van der Waals surface area (Å²) in [6.45, 7) is 4.77. The van der Waals surface area contributed by atoms with Crippen LogP contribution < -0.4 is 10.6 Å². The van der Waals surface area contributed by atoms with Crippen LogP contribution in [0.5, 0.6) is 0 Å². The second-order valence-corrected chi connectivity index (χ2v) is 4.98. The average Bonchev–Trinajstić information content (AvgIpc) is 2.48. The number of halogens is 1. The van der Waals surface area contributed by atoms with E-state index in [0.717, 1.165) is 40.0 Å². The van der Waals surface area contributed by atoms with Crippen molar-refractivity contribution in [3.63, 3.8) is 0 Å². The maximum atomic E-state index is 5.88. The minimum Gasteiger partial charge on any atom is -0.373 e. The number of benzene rings is 1. The Hall–Kier alpha value is -1.81. The lowest BCUT2D eigenvalue weighted by atomic mass is 10.2. The maximum absolute atomic E-state index is 5.88. The van der Waals surface area contributed by atoms with Gasteiger partial charge in [0.1, 0.15) is 17.5 Å².